The minimum Gasteiger partial charge on any atom is -0.469 e. The summed E-state index contributed by atoms with van der Waals surface area (Å²) in [6.07, 6.45) is 5.26. The number of esters is 1. The SMILES string of the molecule is COC(=O)C(C)CN(C(=O)c1cccc(NC(C)=O)c1)C1CCCCC1. The molecule has 0 aromatic heterocycles. The van der Waals surface area contributed by atoms with Crippen LogP contribution < -0.4 is 5.32 Å². The summed E-state index contributed by atoms with van der Waals surface area (Å²) >= 11 is 0. The number of hydrogen-bond donors (Lipinski definition) is 1. The third-order valence-electron chi connectivity index (χ3n) is 4.78. The first-order chi connectivity index (χ1) is 12.4. The molecule has 1 N–H and O–H groups in total. The van der Waals surface area contributed by atoms with Gasteiger partial charge in [-0.25, -0.2) is 0 Å². The summed E-state index contributed by atoms with van der Waals surface area (Å²) in [6, 6.07) is 7.06. The van der Waals surface area contributed by atoms with Crippen LogP contribution in [0.2, 0.25) is 0 Å². The number of carbonyl (C=O) groups excluding carboxylic acids is 3. The van der Waals surface area contributed by atoms with Crippen molar-refractivity contribution < 1.29 is 19.1 Å². The molecule has 1 atom stereocenters. The van der Waals surface area contributed by atoms with Gasteiger partial charge in [0, 0.05) is 30.8 Å². The molecule has 1 aromatic carbocycles. The molecule has 1 aliphatic rings. The van der Waals surface area contributed by atoms with Crippen molar-refractivity contribution in [3.63, 3.8) is 0 Å². The summed E-state index contributed by atoms with van der Waals surface area (Å²) in [5.74, 6) is -0.993. The Bertz CT molecular complexity index is 653. The van der Waals surface area contributed by atoms with E-state index in [1.165, 1.54) is 20.5 Å². The summed E-state index contributed by atoms with van der Waals surface area (Å²) < 4.78 is 4.82. The smallest absolute Gasteiger partial charge is 0.310 e. The van der Waals surface area contributed by atoms with E-state index < -0.39 is 0 Å². The van der Waals surface area contributed by atoms with Crippen LogP contribution in [0.1, 0.15) is 56.3 Å². The molecule has 1 saturated carbocycles. The molecule has 6 nitrogen and oxygen atoms in total. The van der Waals surface area contributed by atoms with E-state index in [0.717, 1.165) is 25.7 Å². The second-order valence-corrected chi connectivity index (χ2v) is 6.94. The average Bonchev–Trinajstić information content (AvgIpc) is 2.65. The predicted molar refractivity (Wildman–Crippen MR) is 99.8 cm³/mol. The van der Waals surface area contributed by atoms with Crippen molar-refractivity contribution in [2.75, 3.05) is 19.0 Å². The summed E-state index contributed by atoms with van der Waals surface area (Å²) in [5, 5.41) is 2.70. The molecular weight excluding hydrogens is 332 g/mol. The molecule has 1 aromatic rings. The zero-order valence-corrected chi connectivity index (χ0v) is 15.8. The van der Waals surface area contributed by atoms with E-state index >= 15 is 0 Å². The highest BCUT2D eigenvalue weighted by Crippen LogP contribution is 2.26. The maximum Gasteiger partial charge on any atom is 0.310 e. The molecular formula is C20H28N2O4. The molecule has 0 radical (unpaired) electrons. The highest BCUT2D eigenvalue weighted by Gasteiger charge is 2.29. The number of amides is 2. The van der Waals surface area contributed by atoms with Crippen LogP contribution in [-0.4, -0.2) is 42.4 Å². The van der Waals surface area contributed by atoms with Gasteiger partial charge in [0.2, 0.25) is 5.91 Å². The second kappa shape index (κ2) is 9.36. The number of nitrogens with one attached hydrogen (secondary N) is 1. The summed E-state index contributed by atoms with van der Waals surface area (Å²) in [4.78, 5) is 38.1. The standard InChI is InChI=1S/C20H28N2O4/c1-14(20(25)26-3)13-22(18-10-5-4-6-11-18)19(24)16-8-7-9-17(12-16)21-15(2)23/h7-9,12,14,18H,4-6,10-11,13H2,1-3H3,(H,21,23). The van der Waals surface area contributed by atoms with E-state index in [1.807, 2.05) is 4.90 Å². The molecule has 2 rings (SSSR count). The van der Waals surface area contributed by atoms with Gasteiger partial charge in [-0.1, -0.05) is 32.3 Å². The topological polar surface area (TPSA) is 75.7 Å². The third-order valence-corrected chi connectivity index (χ3v) is 4.78. The number of anilines is 1. The Labute approximate surface area is 154 Å². The van der Waals surface area contributed by atoms with Gasteiger partial charge in [0.1, 0.15) is 0 Å². The molecule has 0 aliphatic heterocycles. The molecule has 1 unspecified atom stereocenters. The van der Waals surface area contributed by atoms with Gasteiger partial charge in [-0.05, 0) is 31.0 Å². The van der Waals surface area contributed by atoms with Gasteiger partial charge in [0.25, 0.3) is 5.91 Å². The first kappa shape index (κ1) is 19.9. The zero-order chi connectivity index (χ0) is 19.1. The Balaban J connectivity index is 2.23. The quantitative estimate of drug-likeness (QED) is 0.790. The minimum atomic E-state index is -0.385. The Morgan fingerprint density at radius 3 is 2.54 bits per heavy atom. The number of benzene rings is 1. The molecule has 1 aliphatic carbocycles. The Morgan fingerprint density at radius 2 is 1.92 bits per heavy atom. The highest BCUT2D eigenvalue weighted by atomic mass is 16.5. The molecule has 0 heterocycles. The van der Waals surface area contributed by atoms with Crippen LogP contribution in [0.3, 0.4) is 0 Å². The van der Waals surface area contributed by atoms with Crippen LogP contribution in [0.4, 0.5) is 5.69 Å². The Kier molecular flexibility index (Phi) is 7.18. The van der Waals surface area contributed by atoms with Crippen molar-refractivity contribution in [2.45, 2.75) is 52.0 Å². The van der Waals surface area contributed by atoms with E-state index in [0.29, 0.717) is 17.8 Å². The molecule has 26 heavy (non-hydrogen) atoms. The molecule has 142 valence electrons. The summed E-state index contributed by atoms with van der Waals surface area (Å²) in [7, 11) is 1.36. The van der Waals surface area contributed by atoms with E-state index in [2.05, 4.69) is 5.32 Å². The molecule has 1 fully saturated rings. The lowest BCUT2D eigenvalue weighted by atomic mass is 9.93. The van der Waals surface area contributed by atoms with Gasteiger partial charge in [0.15, 0.2) is 0 Å². The zero-order valence-electron chi connectivity index (χ0n) is 15.8. The fourth-order valence-electron chi connectivity index (χ4n) is 3.46. The van der Waals surface area contributed by atoms with Crippen molar-refractivity contribution in [1.29, 1.82) is 0 Å². The Hall–Kier alpha value is -2.37. The number of hydrogen-bond acceptors (Lipinski definition) is 4. The first-order valence-electron chi connectivity index (χ1n) is 9.18. The minimum absolute atomic E-state index is 0.111. The van der Waals surface area contributed by atoms with Crippen LogP contribution in [0, 0.1) is 5.92 Å². The molecule has 0 spiro atoms. The maximum atomic E-state index is 13.2. The summed E-state index contributed by atoms with van der Waals surface area (Å²) in [6.45, 7) is 3.55. The van der Waals surface area contributed by atoms with Crippen molar-refractivity contribution in [1.82, 2.24) is 4.90 Å². The van der Waals surface area contributed by atoms with Gasteiger partial charge in [0.05, 0.1) is 13.0 Å². The van der Waals surface area contributed by atoms with Crippen LogP contribution in [-0.2, 0) is 14.3 Å². The largest absolute Gasteiger partial charge is 0.469 e. The monoisotopic (exact) mass is 360 g/mol. The van der Waals surface area contributed by atoms with Crippen molar-refractivity contribution in [3.05, 3.63) is 29.8 Å². The molecule has 0 bridgehead atoms. The van der Waals surface area contributed by atoms with E-state index in [1.54, 1.807) is 31.2 Å². The van der Waals surface area contributed by atoms with Crippen LogP contribution in [0.15, 0.2) is 24.3 Å². The van der Waals surface area contributed by atoms with E-state index in [9.17, 15) is 14.4 Å². The van der Waals surface area contributed by atoms with Gasteiger partial charge in [-0.3, -0.25) is 14.4 Å². The third kappa shape index (κ3) is 5.31. The van der Waals surface area contributed by atoms with Crippen LogP contribution in [0.25, 0.3) is 0 Å². The lowest BCUT2D eigenvalue weighted by Gasteiger charge is -2.35. The number of carbonyl (C=O) groups is 3. The Morgan fingerprint density at radius 1 is 1.23 bits per heavy atom. The van der Waals surface area contributed by atoms with Crippen molar-refractivity contribution >= 4 is 23.5 Å². The van der Waals surface area contributed by atoms with Gasteiger partial charge in [-0.15, -0.1) is 0 Å². The molecule has 6 heteroatoms. The highest BCUT2D eigenvalue weighted by molar-refractivity contribution is 5.97. The number of methoxy groups -OCH3 is 1. The van der Waals surface area contributed by atoms with Gasteiger partial charge >= 0.3 is 5.97 Å². The average molecular weight is 360 g/mol. The van der Waals surface area contributed by atoms with Gasteiger partial charge < -0.3 is 15.0 Å². The summed E-state index contributed by atoms with van der Waals surface area (Å²) in [5.41, 5.74) is 1.10. The number of ether oxygens (including phenoxy) is 1. The number of nitrogens with zero attached hydrogens (tertiary/aromatic N) is 1. The lowest BCUT2D eigenvalue weighted by molar-refractivity contribution is -0.145. The van der Waals surface area contributed by atoms with E-state index in [-0.39, 0.29) is 29.7 Å². The fraction of sp³-hybridized carbons (Fsp3) is 0.550. The number of rotatable bonds is 6. The first-order valence-corrected chi connectivity index (χ1v) is 9.18. The molecule has 0 saturated heterocycles. The van der Waals surface area contributed by atoms with E-state index in [4.69, 9.17) is 4.74 Å². The van der Waals surface area contributed by atoms with Crippen LogP contribution >= 0.6 is 0 Å². The van der Waals surface area contributed by atoms with Gasteiger partial charge in [-0.2, -0.15) is 0 Å². The van der Waals surface area contributed by atoms with Crippen molar-refractivity contribution in [2.24, 2.45) is 5.92 Å². The van der Waals surface area contributed by atoms with Crippen LogP contribution in [0.5, 0.6) is 0 Å². The second-order valence-electron chi connectivity index (χ2n) is 6.94. The fourth-order valence-corrected chi connectivity index (χ4v) is 3.46. The van der Waals surface area contributed by atoms with Crippen molar-refractivity contribution in [3.8, 4) is 0 Å². The lowest BCUT2D eigenvalue weighted by Crippen LogP contribution is -2.45. The normalized spacial score (nSPS) is 15.8. The predicted octanol–water partition coefficient (Wildman–Crippen LogP) is 3.23. The molecule has 2 amide bonds. The maximum absolute atomic E-state index is 13.2.